The molecule has 80 valence electrons. The van der Waals surface area contributed by atoms with E-state index >= 15 is 0 Å². The molecule has 0 unspecified atom stereocenters. The van der Waals surface area contributed by atoms with Crippen LogP contribution in [0, 0.1) is 6.92 Å². The Hall–Kier alpha value is -1.13. The Morgan fingerprint density at radius 3 is 3.00 bits per heavy atom. The molecule has 0 saturated heterocycles. The van der Waals surface area contributed by atoms with Crippen molar-refractivity contribution in [2.75, 3.05) is 6.54 Å². The number of hydrogen-bond donors (Lipinski definition) is 1. The van der Waals surface area contributed by atoms with E-state index in [4.69, 9.17) is 4.42 Å². The van der Waals surface area contributed by atoms with Crippen LogP contribution in [0.15, 0.2) is 21.9 Å². The van der Waals surface area contributed by atoms with Crippen LogP contribution in [0.5, 0.6) is 0 Å². The molecule has 0 fully saturated rings. The topological polar surface area (TPSA) is 38.1 Å². The highest BCUT2D eigenvalue weighted by Gasteiger charge is 2.07. The van der Waals surface area contributed by atoms with Crippen LogP contribution in [0.1, 0.15) is 18.4 Å². The van der Waals surface area contributed by atoms with Gasteiger partial charge in [0.25, 0.3) is 0 Å². The normalized spacial score (nSPS) is 10.8. The second-order valence-corrected chi connectivity index (χ2v) is 4.19. The van der Waals surface area contributed by atoms with Crippen LogP contribution in [0.4, 0.5) is 0 Å². The van der Waals surface area contributed by atoms with Crippen molar-refractivity contribution in [2.45, 2.75) is 20.4 Å². The van der Waals surface area contributed by atoms with Crippen LogP contribution in [-0.4, -0.2) is 11.5 Å². The van der Waals surface area contributed by atoms with Crippen molar-refractivity contribution in [3.8, 4) is 10.8 Å². The number of rotatable bonds is 4. The highest BCUT2D eigenvalue weighted by molar-refractivity contribution is 7.13. The van der Waals surface area contributed by atoms with Gasteiger partial charge in [0, 0.05) is 11.9 Å². The second-order valence-electron chi connectivity index (χ2n) is 3.33. The third-order valence-electron chi connectivity index (χ3n) is 2.06. The van der Waals surface area contributed by atoms with Gasteiger partial charge in [-0.25, -0.2) is 4.98 Å². The predicted molar refractivity (Wildman–Crippen MR) is 61.9 cm³/mol. The molecule has 1 N–H and O–H groups in total. The summed E-state index contributed by atoms with van der Waals surface area (Å²) in [6.07, 6.45) is 0. The molecular formula is C11H14N2OS. The van der Waals surface area contributed by atoms with Crippen LogP contribution in [0.2, 0.25) is 0 Å². The van der Waals surface area contributed by atoms with Crippen LogP contribution < -0.4 is 5.32 Å². The van der Waals surface area contributed by atoms with E-state index in [9.17, 15) is 0 Å². The molecule has 0 atom stereocenters. The summed E-state index contributed by atoms with van der Waals surface area (Å²) in [4.78, 5) is 4.49. The lowest BCUT2D eigenvalue weighted by Crippen LogP contribution is -2.11. The van der Waals surface area contributed by atoms with E-state index in [0.717, 1.165) is 35.3 Å². The average Bonchev–Trinajstić information content (AvgIpc) is 2.83. The van der Waals surface area contributed by atoms with Gasteiger partial charge in [0.15, 0.2) is 10.8 Å². The fourth-order valence-corrected chi connectivity index (χ4v) is 2.08. The molecule has 2 aromatic rings. The number of nitrogens with one attached hydrogen (secondary N) is 1. The molecule has 2 aromatic heterocycles. The number of aromatic nitrogens is 1. The van der Waals surface area contributed by atoms with E-state index in [1.165, 1.54) is 0 Å². The lowest BCUT2D eigenvalue weighted by Gasteiger charge is -1.95. The zero-order valence-electron chi connectivity index (χ0n) is 8.91. The van der Waals surface area contributed by atoms with Gasteiger partial charge in [-0.1, -0.05) is 6.92 Å². The Labute approximate surface area is 93.2 Å². The molecule has 0 spiro atoms. The van der Waals surface area contributed by atoms with Gasteiger partial charge in [-0.15, -0.1) is 11.3 Å². The molecule has 0 saturated carbocycles. The summed E-state index contributed by atoms with van der Waals surface area (Å²) in [5, 5.41) is 6.27. The highest BCUT2D eigenvalue weighted by atomic mass is 32.1. The Morgan fingerprint density at radius 1 is 1.47 bits per heavy atom. The first-order valence-electron chi connectivity index (χ1n) is 5.01. The zero-order chi connectivity index (χ0) is 10.7. The van der Waals surface area contributed by atoms with E-state index < -0.39 is 0 Å². The molecule has 0 radical (unpaired) electrons. The van der Waals surface area contributed by atoms with E-state index in [2.05, 4.69) is 22.6 Å². The largest absolute Gasteiger partial charge is 0.459 e. The Kier molecular flexibility index (Phi) is 3.18. The molecule has 0 aliphatic rings. The summed E-state index contributed by atoms with van der Waals surface area (Å²) in [5.74, 6) is 1.79. The van der Waals surface area contributed by atoms with Crippen LogP contribution in [0.25, 0.3) is 10.8 Å². The molecule has 15 heavy (non-hydrogen) atoms. The van der Waals surface area contributed by atoms with E-state index in [-0.39, 0.29) is 0 Å². The maximum Gasteiger partial charge on any atom is 0.162 e. The van der Waals surface area contributed by atoms with Gasteiger partial charge in [-0.3, -0.25) is 0 Å². The summed E-state index contributed by atoms with van der Waals surface area (Å²) in [6.45, 7) is 5.82. The molecule has 0 aliphatic carbocycles. The Morgan fingerprint density at radius 2 is 2.33 bits per heavy atom. The molecule has 2 heterocycles. The summed E-state index contributed by atoms with van der Waals surface area (Å²) in [5.41, 5.74) is 1.07. The number of furan rings is 1. The van der Waals surface area contributed by atoms with Crippen molar-refractivity contribution in [3.05, 3.63) is 29.0 Å². The van der Waals surface area contributed by atoms with Gasteiger partial charge in [-0.2, -0.15) is 0 Å². The third-order valence-corrected chi connectivity index (χ3v) is 2.96. The summed E-state index contributed by atoms with van der Waals surface area (Å²) in [6, 6.07) is 3.92. The third kappa shape index (κ3) is 2.46. The van der Waals surface area contributed by atoms with Crippen molar-refractivity contribution in [1.82, 2.24) is 10.3 Å². The minimum atomic E-state index is 0.826. The van der Waals surface area contributed by atoms with Crippen molar-refractivity contribution >= 4 is 11.3 Å². The average molecular weight is 222 g/mol. The molecule has 0 bridgehead atoms. The zero-order valence-corrected chi connectivity index (χ0v) is 9.73. The van der Waals surface area contributed by atoms with Gasteiger partial charge < -0.3 is 9.73 Å². The summed E-state index contributed by atoms with van der Waals surface area (Å²) >= 11 is 1.62. The molecule has 4 heteroatoms. The fraction of sp³-hybridized carbons (Fsp3) is 0.364. The molecular weight excluding hydrogens is 208 g/mol. The monoisotopic (exact) mass is 222 g/mol. The van der Waals surface area contributed by atoms with E-state index in [1.54, 1.807) is 11.3 Å². The summed E-state index contributed by atoms with van der Waals surface area (Å²) in [7, 11) is 0. The second kappa shape index (κ2) is 4.59. The number of thiazole rings is 1. The van der Waals surface area contributed by atoms with Gasteiger partial charge in [0.05, 0.1) is 5.69 Å². The number of aryl methyl sites for hydroxylation is 1. The van der Waals surface area contributed by atoms with Crippen LogP contribution >= 0.6 is 11.3 Å². The minimum Gasteiger partial charge on any atom is -0.459 e. The maximum absolute atomic E-state index is 5.51. The quantitative estimate of drug-likeness (QED) is 0.864. The lowest BCUT2D eigenvalue weighted by atomic mass is 10.4. The van der Waals surface area contributed by atoms with Gasteiger partial charge >= 0.3 is 0 Å². The highest BCUT2D eigenvalue weighted by Crippen LogP contribution is 2.25. The van der Waals surface area contributed by atoms with E-state index in [0.29, 0.717) is 0 Å². The van der Waals surface area contributed by atoms with Crippen molar-refractivity contribution < 1.29 is 4.42 Å². The number of nitrogens with zero attached hydrogens (tertiary/aromatic N) is 1. The van der Waals surface area contributed by atoms with Gasteiger partial charge in [0.2, 0.25) is 0 Å². The fourth-order valence-electron chi connectivity index (χ4n) is 1.30. The molecule has 2 rings (SSSR count). The molecule has 0 aromatic carbocycles. The smallest absolute Gasteiger partial charge is 0.162 e. The summed E-state index contributed by atoms with van der Waals surface area (Å²) < 4.78 is 5.51. The van der Waals surface area contributed by atoms with Crippen molar-refractivity contribution in [2.24, 2.45) is 0 Å². The van der Waals surface area contributed by atoms with Crippen LogP contribution in [0.3, 0.4) is 0 Å². The van der Waals surface area contributed by atoms with Crippen LogP contribution in [-0.2, 0) is 6.54 Å². The maximum atomic E-state index is 5.51. The molecule has 0 aliphatic heterocycles. The first-order chi connectivity index (χ1) is 7.29. The van der Waals surface area contributed by atoms with E-state index in [1.807, 2.05) is 19.1 Å². The Balaban J connectivity index is 2.13. The molecule has 3 nitrogen and oxygen atoms in total. The van der Waals surface area contributed by atoms with Crippen molar-refractivity contribution in [3.63, 3.8) is 0 Å². The SMILES string of the molecule is CCNCc1csc(-c2ccc(C)o2)n1. The van der Waals surface area contributed by atoms with Gasteiger partial charge in [0.1, 0.15) is 5.76 Å². The molecule has 0 amide bonds. The lowest BCUT2D eigenvalue weighted by molar-refractivity contribution is 0.547. The predicted octanol–water partition coefficient (Wildman–Crippen LogP) is 2.82. The van der Waals surface area contributed by atoms with Crippen molar-refractivity contribution in [1.29, 1.82) is 0 Å². The standard InChI is InChI=1S/C11H14N2OS/c1-3-12-6-9-7-15-11(13-9)10-5-4-8(2)14-10/h4-5,7,12H,3,6H2,1-2H3. The van der Waals surface area contributed by atoms with Gasteiger partial charge in [-0.05, 0) is 25.6 Å². The Bertz CT molecular complexity index is 433. The minimum absolute atomic E-state index is 0.826. The number of hydrogen-bond acceptors (Lipinski definition) is 4. The first kappa shape index (κ1) is 10.4. The first-order valence-corrected chi connectivity index (χ1v) is 5.89.